The molecule has 0 aliphatic carbocycles. The number of benzene rings is 1. The van der Waals surface area contributed by atoms with E-state index in [9.17, 15) is 4.79 Å². The molecule has 1 heterocycles. The van der Waals surface area contributed by atoms with Crippen molar-refractivity contribution < 1.29 is 9.90 Å². The Morgan fingerprint density at radius 3 is 2.75 bits per heavy atom. The molecule has 6 heteroatoms. The van der Waals surface area contributed by atoms with Crippen LogP contribution < -0.4 is 0 Å². The second kappa shape index (κ2) is 4.23. The summed E-state index contributed by atoms with van der Waals surface area (Å²) >= 11 is 11.5. The maximum atomic E-state index is 10.6. The van der Waals surface area contributed by atoms with E-state index in [0.29, 0.717) is 16.5 Å². The number of carboxylic acids is 1. The van der Waals surface area contributed by atoms with Gasteiger partial charge in [0.15, 0.2) is 0 Å². The number of hydrogen-bond donors (Lipinski definition) is 1. The Morgan fingerprint density at radius 2 is 2.06 bits per heavy atom. The number of rotatable bonds is 2. The molecule has 0 atom stereocenters. The normalized spacial score (nSPS) is 10.6. The van der Waals surface area contributed by atoms with Crippen LogP contribution in [-0.4, -0.2) is 21.0 Å². The third-order valence-electron chi connectivity index (χ3n) is 2.04. The van der Waals surface area contributed by atoms with E-state index in [2.05, 4.69) is 9.97 Å². The summed E-state index contributed by atoms with van der Waals surface area (Å²) in [5.74, 6) is -0.898. The first-order chi connectivity index (χ1) is 7.56. The van der Waals surface area contributed by atoms with E-state index in [-0.39, 0.29) is 16.9 Å². The van der Waals surface area contributed by atoms with E-state index in [1.54, 1.807) is 18.2 Å². The first-order valence-corrected chi connectivity index (χ1v) is 5.15. The molecule has 4 nitrogen and oxygen atoms in total. The zero-order valence-corrected chi connectivity index (χ0v) is 9.46. The van der Waals surface area contributed by atoms with Gasteiger partial charge in [0.05, 0.1) is 11.9 Å². The quantitative estimate of drug-likeness (QED) is 0.663. The summed E-state index contributed by atoms with van der Waals surface area (Å²) in [5.41, 5.74) is 1.19. The molecule has 2 aromatic rings. The lowest BCUT2D eigenvalue weighted by atomic mass is 10.1. The summed E-state index contributed by atoms with van der Waals surface area (Å²) in [4.78, 5) is 18.3. The lowest BCUT2D eigenvalue weighted by molar-refractivity contribution is -0.136. The number of aliphatic carboxylic acids is 1. The van der Waals surface area contributed by atoms with Crippen molar-refractivity contribution in [1.82, 2.24) is 9.97 Å². The second-order valence-corrected chi connectivity index (χ2v) is 3.90. The number of hydrogen-bond acceptors (Lipinski definition) is 3. The van der Waals surface area contributed by atoms with E-state index in [1.165, 1.54) is 0 Å². The fourth-order valence-corrected chi connectivity index (χ4v) is 1.85. The molecule has 0 saturated heterocycles. The average Bonchev–Trinajstić information content (AvgIpc) is 2.15. The van der Waals surface area contributed by atoms with Gasteiger partial charge in [0.1, 0.15) is 5.15 Å². The van der Waals surface area contributed by atoms with Gasteiger partial charge in [-0.3, -0.25) is 4.79 Å². The van der Waals surface area contributed by atoms with Gasteiger partial charge in [0.2, 0.25) is 5.28 Å². The lowest BCUT2D eigenvalue weighted by Crippen LogP contribution is -2.00. The van der Waals surface area contributed by atoms with E-state index in [4.69, 9.17) is 28.3 Å². The van der Waals surface area contributed by atoms with Crippen molar-refractivity contribution in [3.8, 4) is 0 Å². The van der Waals surface area contributed by atoms with Crippen molar-refractivity contribution >= 4 is 40.1 Å². The molecule has 0 fully saturated rings. The monoisotopic (exact) mass is 256 g/mol. The van der Waals surface area contributed by atoms with Gasteiger partial charge in [0.25, 0.3) is 0 Å². The highest BCUT2D eigenvalue weighted by molar-refractivity contribution is 6.35. The Labute approximate surface area is 101 Å². The van der Waals surface area contributed by atoms with Crippen LogP contribution in [0.5, 0.6) is 0 Å². The molecule has 0 unspecified atom stereocenters. The first-order valence-electron chi connectivity index (χ1n) is 4.40. The Balaban J connectivity index is 2.57. The molecular weight excluding hydrogens is 251 g/mol. The Morgan fingerprint density at radius 1 is 1.31 bits per heavy atom. The summed E-state index contributed by atoms with van der Waals surface area (Å²) in [6, 6.07) is 5.01. The maximum Gasteiger partial charge on any atom is 0.307 e. The molecule has 1 aromatic carbocycles. The molecule has 0 radical (unpaired) electrons. The number of aromatic nitrogens is 2. The van der Waals surface area contributed by atoms with E-state index < -0.39 is 5.97 Å². The molecular formula is C10H6Cl2N2O2. The molecule has 1 N–H and O–H groups in total. The van der Waals surface area contributed by atoms with Gasteiger partial charge in [-0.1, -0.05) is 17.7 Å². The van der Waals surface area contributed by atoms with E-state index in [1.807, 2.05) is 0 Å². The maximum absolute atomic E-state index is 10.6. The van der Waals surface area contributed by atoms with Crippen LogP contribution in [0.2, 0.25) is 10.4 Å². The number of nitrogens with zero attached hydrogens (tertiary/aromatic N) is 2. The van der Waals surface area contributed by atoms with Crippen molar-refractivity contribution in [2.24, 2.45) is 0 Å². The van der Waals surface area contributed by atoms with Crippen molar-refractivity contribution in [2.45, 2.75) is 6.42 Å². The van der Waals surface area contributed by atoms with Gasteiger partial charge in [-0.2, -0.15) is 0 Å². The lowest BCUT2D eigenvalue weighted by Gasteiger charge is -2.02. The molecule has 0 bridgehead atoms. The van der Waals surface area contributed by atoms with Gasteiger partial charge in [-0.25, -0.2) is 9.97 Å². The largest absolute Gasteiger partial charge is 0.481 e. The van der Waals surface area contributed by atoms with Gasteiger partial charge in [-0.05, 0) is 29.3 Å². The number of carbonyl (C=O) groups is 1. The fraction of sp³-hybridized carbons (Fsp3) is 0.100. The van der Waals surface area contributed by atoms with Crippen LogP contribution in [0.3, 0.4) is 0 Å². The number of halogens is 2. The summed E-state index contributed by atoms with van der Waals surface area (Å²) in [5, 5.41) is 9.62. The smallest absolute Gasteiger partial charge is 0.307 e. The van der Waals surface area contributed by atoms with Crippen molar-refractivity contribution in [3.05, 3.63) is 34.2 Å². The summed E-state index contributed by atoms with van der Waals surface area (Å²) in [7, 11) is 0. The summed E-state index contributed by atoms with van der Waals surface area (Å²) in [6.45, 7) is 0. The van der Waals surface area contributed by atoms with Gasteiger partial charge in [-0.15, -0.1) is 0 Å². The van der Waals surface area contributed by atoms with Crippen LogP contribution in [0.25, 0.3) is 10.9 Å². The molecule has 0 saturated carbocycles. The number of fused-ring (bicyclic) bond motifs is 1. The first kappa shape index (κ1) is 11.1. The Hall–Kier alpha value is -1.39. The minimum absolute atomic E-state index is 0.0463. The predicted molar refractivity (Wildman–Crippen MR) is 60.9 cm³/mol. The predicted octanol–water partition coefficient (Wildman–Crippen LogP) is 2.56. The van der Waals surface area contributed by atoms with Crippen LogP contribution in [0, 0.1) is 0 Å². The summed E-state index contributed by atoms with van der Waals surface area (Å²) < 4.78 is 0. The minimum Gasteiger partial charge on any atom is -0.481 e. The zero-order chi connectivity index (χ0) is 11.7. The van der Waals surface area contributed by atoms with Crippen LogP contribution in [0.15, 0.2) is 18.2 Å². The minimum atomic E-state index is -0.898. The highest BCUT2D eigenvalue weighted by Gasteiger charge is 2.07. The molecule has 0 aliphatic heterocycles. The highest BCUT2D eigenvalue weighted by Crippen LogP contribution is 2.23. The van der Waals surface area contributed by atoms with E-state index >= 15 is 0 Å². The molecule has 82 valence electrons. The van der Waals surface area contributed by atoms with Crippen molar-refractivity contribution in [3.63, 3.8) is 0 Å². The zero-order valence-electron chi connectivity index (χ0n) is 7.94. The van der Waals surface area contributed by atoms with Crippen LogP contribution >= 0.6 is 23.2 Å². The average molecular weight is 257 g/mol. The molecule has 0 spiro atoms. The van der Waals surface area contributed by atoms with Crippen molar-refractivity contribution in [2.75, 3.05) is 0 Å². The van der Waals surface area contributed by atoms with Crippen LogP contribution in [0.4, 0.5) is 0 Å². The topological polar surface area (TPSA) is 63.1 Å². The Kier molecular flexibility index (Phi) is 2.94. The SMILES string of the molecule is O=C(O)Cc1ccc2c(Cl)nc(Cl)nc2c1. The molecule has 1 aromatic heterocycles. The van der Waals surface area contributed by atoms with Crippen LogP contribution in [-0.2, 0) is 11.2 Å². The molecule has 0 amide bonds. The second-order valence-electron chi connectivity index (χ2n) is 3.21. The van der Waals surface area contributed by atoms with Gasteiger partial charge < -0.3 is 5.11 Å². The van der Waals surface area contributed by atoms with Gasteiger partial charge >= 0.3 is 5.97 Å². The third kappa shape index (κ3) is 2.23. The molecule has 16 heavy (non-hydrogen) atoms. The fourth-order valence-electron chi connectivity index (χ4n) is 1.39. The highest BCUT2D eigenvalue weighted by atomic mass is 35.5. The summed E-state index contributed by atoms with van der Waals surface area (Å²) in [6.07, 6.45) is -0.0603. The number of carboxylic acid groups (broad SMARTS) is 1. The molecule has 2 rings (SSSR count). The van der Waals surface area contributed by atoms with E-state index in [0.717, 1.165) is 0 Å². The standard InChI is InChI=1S/C10H6Cl2N2O2/c11-9-6-2-1-5(4-8(15)16)3-7(6)13-10(12)14-9/h1-3H,4H2,(H,15,16). The Bertz CT molecular complexity index is 572. The van der Waals surface area contributed by atoms with Crippen molar-refractivity contribution in [1.29, 1.82) is 0 Å². The molecule has 0 aliphatic rings. The van der Waals surface area contributed by atoms with Gasteiger partial charge in [0, 0.05) is 5.39 Å². The van der Waals surface area contributed by atoms with Crippen LogP contribution in [0.1, 0.15) is 5.56 Å². The third-order valence-corrected chi connectivity index (χ3v) is 2.50.